The number of hydrogen-bond donors (Lipinski definition) is 4. The molecule has 0 unspecified atom stereocenters. The van der Waals surface area contributed by atoms with Crippen molar-refractivity contribution in [2.45, 2.75) is 17.1 Å². The molecule has 9 nitrogen and oxygen atoms in total. The van der Waals surface area contributed by atoms with E-state index >= 15 is 0 Å². The third kappa shape index (κ3) is 8.57. The first-order valence-electron chi connectivity index (χ1n) is 11.3. The van der Waals surface area contributed by atoms with Crippen molar-refractivity contribution in [1.82, 2.24) is 5.48 Å². The Balaban J connectivity index is 1.97. The van der Waals surface area contributed by atoms with Gasteiger partial charge in [-0.1, -0.05) is 36.4 Å². The van der Waals surface area contributed by atoms with Crippen molar-refractivity contribution in [3.8, 4) is 11.5 Å². The second kappa shape index (κ2) is 14.5. The number of rotatable bonds is 12. The summed E-state index contributed by atoms with van der Waals surface area (Å²) in [7, 11) is 0. The second-order valence-electron chi connectivity index (χ2n) is 7.52. The standard InChI is InChI=1S/C27H28N2O7S/c1-37-21-13-11-19(12-14-21)28-27(32)36-26(22-9-5-6-10-23(22)34-18-17-30)24(15-16-25(31)29-33)35-20-7-3-2-4-8-20/h2-16,24,26,30,33H,17-18H2,1H3,(H,28,32)(H,29,31)/b16-15+/t24-,26-/m0/s1. The van der Waals surface area contributed by atoms with E-state index < -0.39 is 24.2 Å². The van der Waals surface area contributed by atoms with Gasteiger partial charge in [-0.05, 0) is 54.8 Å². The predicted molar refractivity (Wildman–Crippen MR) is 140 cm³/mol. The molecule has 10 heteroatoms. The van der Waals surface area contributed by atoms with Gasteiger partial charge in [0.1, 0.15) is 18.1 Å². The van der Waals surface area contributed by atoms with E-state index in [1.807, 2.05) is 24.5 Å². The van der Waals surface area contributed by atoms with E-state index in [1.54, 1.807) is 72.4 Å². The molecule has 2 amide bonds. The Morgan fingerprint density at radius 3 is 2.38 bits per heavy atom. The molecule has 0 radical (unpaired) electrons. The van der Waals surface area contributed by atoms with E-state index in [0.717, 1.165) is 11.0 Å². The molecule has 0 aromatic heterocycles. The minimum atomic E-state index is -1.09. The molecule has 3 aromatic rings. The van der Waals surface area contributed by atoms with Crippen LogP contribution in [0.2, 0.25) is 0 Å². The van der Waals surface area contributed by atoms with Gasteiger partial charge in [-0.3, -0.25) is 15.3 Å². The maximum atomic E-state index is 13.0. The number of thioether (sulfide) groups is 1. The summed E-state index contributed by atoms with van der Waals surface area (Å²) in [6, 6.07) is 22.9. The average molecular weight is 525 g/mol. The van der Waals surface area contributed by atoms with Gasteiger partial charge in [-0.25, -0.2) is 10.3 Å². The Morgan fingerprint density at radius 2 is 1.70 bits per heavy atom. The van der Waals surface area contributed by atoms with Crippen molar-refractivity contribution in [3.05, 3.63) is 96.6 Å². The largest absolute Gasteiger partial charge is 0.491 e. The minimum Gasteiger partial charge on any atom is -0.491 e. The first kappa shape index (κ1) is 27.6. The Hall–Kier alpha value is -3.99. The van der Waals surface area contributed by atoms with Crippen LogP contribution in [0, 0.1) is 0 Å². The number of hydrogen-bond acceptors (Lipinski definition) is 8. The molecule has 0 heterocycles. The van der Waals surface area contributed by atoms with Gasteiger partial charge >= 0.3 is 6.09 Å². The Labute approximate surface area is 219 Å². The van der Waals surface area contributed by atoms with Crippen LogP contribution in [0.1, 0.15) is 11.7 Å². The van der Waals surface area contributed by atoms with Crippen molar-refractivity contribution in [2.24, 2.45) is 0 Å². The van der Waals surface area contributed by atoms with Crippen LogP contribution in [0.3, 0.4) is 0 Å². The molecular formula is C27H28N2O7S. The van der Waals surface area contributed by atoms with Gasteiger partial charge in [0.2, 0.25) is 0 Å². The topological polar surface area (TPSA) is 126 Å². The van der Waals surface area contributed by atoms with E-state index in [4.69, 9.17) is 19.4 Å². The summed E-state index contributed by atoms with van der Waals surface area (Å²) < 4.78 is 17.6. The lowest BCUT2D eigenvalue weighted by atomic mass is 10.0. The minimum absolute atomic E-state index is 0.0185. The Morgan fingerprint density at radius 1 is 1.00 bits per heavy atom. The van der Waals surface area contributed by atoms with Crippen LogP contribution in [-0.4, -0.2) is 47.9 Å². The number of nitrogens with one attached hydrogen (secondary N) is 2. The fourth-order valence-electron chi connectivity index (χ4n) is 3.32. The normalized spacial score (nSPS) is 12.4. The molecular weight excluding hydrogens is 496 g/mol. The molecule has 0 spiro atoms. The number of benzene rings is 3. The molecule has 3 aromatic carbocycles. The van der Waals surface area contributed by atoms with Crippen molar-refractivity contribution in [1.29, 1.82) is 0 Å². The van der Waals surface area contributed by atoms with Crippen molar-refractivity contribution < 1.29 is 34.1 Å². The quantitative estimate of drug-likeness (QED) is 0.117. The van der Waals surface area contributed by atoms with Crippen LogP contribution in [0.15, 0.2) is 95.9 Å². The van der Waals surface area contributed by atoms with Gasteiger partial charge in [-0.2, -0.15) is 0 Å². The van der Waals surface area contributed by atoms with Gasteiger partial charge in [0.25, 0.3) is 5.91 Å². The van der Waals surface area contributed by atoms with Crippen LogP contribution >= 0.6 is 11.8 Å². The molecule has 0 fully saturated rings. The summed E-state index contributed by atoms with van der Waals surface area (Å²) in [6.45, 7) is -0.197. The third-order valence-electron chi connectivity index (χ3n) is 5.01. The second-order valence-corrected chi connectivity index (χ2v) is 8.40. The lowest BCUT2D eigenvalue weighted by molar-refractivity contribution is -0.124. The molecule has 2 atom stereocenters. The number of anilines is 1. The number of aliphatic hydroxyl groups excluding tert-OH is 1. The summed E-state index contributed by atoms with van der Waals surface area (Å²) in [6.07, 6.45) is 1.52. The predicted octanol–water partition coefficient (Wildman–Crippen LogP) is 4.58. The number of ether oxygens (including phenoxy) is 3. The van der Waals surface area contributed by atoms with E-state index in [1.165, 1.54) is 11.6 Å². The van der Waals surface area contributed by atoms with Crippen LogP contribution in [0.5, 0.6) is 11.5 Å². The molecule has 0 aliphatic heterocycles. The van der Waals surface area contributed by atoms with Crippen LogP contribution < -0.4 is 20.3 Å². The summed E-state index contributed by atoms with van der Waals surface area (Å²) >= 11 is 1.58. The number of para-hydroxylation sites is 2. The molecule has 0 aliphatic rings. The summed E-state index contributed by atoms with van der Waals surface area (Å²) in [5.41, 5.74) is 2.50. The molecule has 37 heavy (non-hydrogen) atoms. The first-order valence-corrected chi connectivity index (χ1v) is 12.5. The lowest BCUT2D eigenvalue weighted by Gasteiger charge is -2.27. The highest BCUT2D eigenvalue weighted by molar-refractivity contribution is 7.98. The number of aliphatic hydroxyl groups is 1. The van der Waals surface area contributed by atoms with Crippen molar-refractivity contribution in [2.75, 3.05) is 24.8 Å². The van der Waals surface area contributed by atoms with Crippen LogP contribution in [-0.2, 0) is 9.53 Å². The fraction of sp³-hybridized carbons (Fsp3) is 0.185. The van der Waals surface area contributed by atoms with Gasteiger partial charge in [0.15, 0.2) is 12.2 Å². The van der Waals surface area contributed by atoms with Gasteiger partial charge in [-0.15, -0.1) is 11.8 Å². The molecule has 0 aliphatic carbocycles. The lowest BCUT2D eigenvalue weighted by Crippen LogP contribution is -2.30. The Bertz CT molecular complexity index is 1170. The highest BCUT2D eigenvalue weighted by atomic mass is 32.2. The fourth-order valence-corrected chi connectivity index (χ4v) is 3.73. The number of hydroxylamine groups is 1. The maximum Gasteiger partial charge on any atom is 0.412 e. The molecule has 0 saturated carbocycles. The van der Waals surface area contributed by atoms with Gasteiger partial charge < -0.3 is 19.3 Å². The molecule has 0 saturated heterocycles. The first-order chi connectivity index (χ1) is 18.0. The van der Waals surface area contributed by atoms with Gasteiger partial charge in [0, 0.05) is 22.2 Å². The summed E-state index contributed by atoms with van der Waals surface area (Å²) in [5, 5.41) is 20.9. The Kier molecular flexibility index (Phi) is 10.8. The van der Waals surface area contributed by atoms with Gasteiger partial charge in [0.05, 0.1) is 6.61 Å². The number of carbonyl (C=O) groups excluding carboxylic acids is 2. The van der Waals surface area contributed by atoms with E-state index in [-0.39, 0.29) is 13.2 Å². The zero-order chi connectivity index (χ0) is 26.5. The molecule has 3 rings (SSSR count). The highest BCUT2D eigenvalue weighted by Gasteiger charge is 2.30. The molecule has 0 bridgehead atoms. The third-order valence-corrected chi connectivity index (χ3v) is 5.75. The molecule has 4 N–H and O–H groups in total. The van der Waals surface area contributed by atoms with Crippen molar-refractivity contribution in [3.63, 3.8) is 0 Å². The maximum absolute atomic E-state index is 13.0. The SMILES string of the molecule is CSc1ccc(NC(=O)O[C@@H](c2ccccc2OCCO)[C@H](/C=C/C(=O)NO)Oc2ccccc2)cc1. The van der Waals surface area contributed by atoms with E-state index in [0.29, 0.717) is 22.7 Å². The average Bonchev–Trinajstić information content (AvgIpc) is 2.94. The van der Waals surface area contributed by atoms with Crippen LogP contribution in [0.25, 0.3) is 0 Å². The summed E-state index contributed by atoms with van der Waals surface area (Å²) in [5.74, 6) is 0.0286. The van der Waals surface area contributed by atoms with Crippen molar-refractivity contribution >= 4 is 29.4 Å². The molecule has 194 valence electrons. The summed E-state index contributed by atoms with van der Waals surface area (Å²) in [4.78, 5) is 25.8. The number of amides is 2. The van der Waals surface area contributed by atoms with E-state index in [9.17, 15) is 14.7 Å². The smallest absolute Gasteiger partial charge is 0.412 e. The zero-order valence-electron chi connectivity index (χ0n) is 20.1. The number of carbonyl (C=O) groups is 2. The highest BCUT2D eigenvalue weighted by Crippen LogP contribution is 2.33. The monoisotopic (exact) mass is 524 g/mol. The zero-order valence-corrected chi connectivity index (χ0v) is 20.9. The van der Waals surface area contributed by atoms with E-state index in [2.05, 4.69) is 5.32 Å². The van der Waals surface area contributed by atoms with Crippen LogP contribution in [0.4, 0.5) is 10.5 Å².